The highest BCUT2D eigenvalue weighted by Gasteiger charge is 2.23. The van der Waals surface area contributed by atoms with Crippen LogP contribution in [-0.4, -0.2) is 10.8 Å². The Balaban J connectivity index is 0.000000963. The van der Waals surface area contributed by atoms with Gasteiger partial charge in [0.2, 0.25) is 0 Å². The summed E-state index contributed by atoms with van der Waals surface area (Å²) in [5, 5.41) is 5.09. The van der Waals surface area contributed by atoms with Crippen LogP contribution in [0.25, 0.3) is 0 Å². The number of nitrogens with zero attached hydrogens (tertiary/aromatic N) is 2. The number of aromatic nitrogens is 1. The van der Waals surface area contributed by atoms with Crippen molar-refractivity contribution in [2.24, 2.45) is 10.7 Å². The van der Waals surface area contributed by atoms with Gasteiger partial charge in [0.25, 0.3) is 0 Å². The molecule has 0 bridgehead atoms. The van der Waals surface area contributed by atoms with Gasteiger partial charge in [-0.3, -0.25) is 4.99 Å². The van der Waals surface area contributed by atoms with E-state index in [4.69, 9.17) is 5.73 Å². The molecule has 3 heterocycles. The molecular formula is C10H10ClN3S2. The molecule has 0 saturated heterocycles. The van der Waals surface area contributed by atoms with Crippen LogP contribution < -0.4 is 5.73 Å². The van der Waals surface area contributed by atoms with Gasteiger partial charge in [0.15, 0.2) is 0 Å². The number of hydrogen-bond donors (Lipinski definition) is 1. The lowest BCUT2D eigenvalue weighted by Crippen LogP contribution is -2.20. The van der Waals surface area contributed by atoms with Gasteiger partial charge in [0, 0.05) is 18.0 Å². The van der Waals surface area contributed by atoms with Gasteiger partial charge in [-0.15, -0.1) is 35.1 Å². The van der Waals surface area contributed by atoms with Crippen molar-refractivity contribution in [1.29, 1.82) is 0 Å². The van der Waals surface area contributed by atoms with E-state index in [1.807, 2.05) is 11.6 Å². The lowest BCUT2D eigenvalue weighted by molar-refractivity contribution is 0.707. The Kier molecular flexibility index (Phi) is 3.28. The quantitative estimate of drug-likeness (QED) is 0.867. The van der Waals surface area contributed by atoms with E-state index in [0.29, 0.717) is 5.84 Å². The van der Waals surface area contributed by atoms with Gasteiger partial charge < -0.3 is 5.73 Å². The van der Waals surface area contributed by atoms with Crippen LogP contribution in [0, 0.1) is 0 Å². The summed E-state index contributed by atoms with van der Waals surface area (Å²) in [6.07, 6.45) is 2.74. The first kappa shape index (κ1) is 11.6. The number of fused-ring (bicyclic) bond motifs is 1. The molecule has 16 heavy (non-hydrogen) atoms. The highest BCUT2D eigenvalue weighted by Crippen LogP contribution is 2.31. The zero-order valence-corrected chi connectivity index (χ0v) is 10.7. The summed E-state index contributed by atoms with van der Waals surface area (Å²) in [7, 11) is 0. The lowest BCUT2D eigenvalue weighted by atomic mass is 10.0. The van der Waals surface area contributed by atoms with Crippen LogP contribution in [0.4, 0.5) is 0 Å². The minimum absolute atomic E-state index is 0. The Hall–Kier alpha value is -0.910. The summed E-state index contributed by atoms with van der Waals surface area (Å²) in [6.45, 7) is 0. The molecule has 2 aromatic heterocycles. The predicted octanol–water partition coefficient (Wildman–Crippen LogP) is 2.63. The van der Waals surface area contributed by atoms with Crippen LogP contribution in [0.15, 0.2) is 28.0 Å². The van der Waals surface area contributed by atoms with Crippen molar-refractivity contribution in [3.05, 3.63) is 38.5 Å². The van der Waals surface area contributed by atoms with Crippen molar-refractivity contribution in [3.63, 3.8) is 0 Å². The second-order valence-corrected chi connectivity index (χ2v) is 5.22. The Morgan fingerprint density at radius 2 is 2.19 bits per heavy atom. The number of aliphatic imine (C=N–C) groups is 1. The van der Waals surface area contributed by atoms with Crippen molar-refractivity contribution in [2.45, 2.75) is 12.5 Å². The van der Waals surface area contributed by atoms with Crippen LogP contribution in [-0.2, 0) is 6.42 Å². The van der Waals surface area contributed by atoms with Crippen molar-refractivity contribution in [2.75, 3.05) is 0 Å². The molecule has 6 heteroatoms. The SMILES string of the molecule is Cl.NC1=NC(c2nccs2)Cc2ccsc21. The highest BCUT2D eigenvalue weighted by atomic mass is 35.5. The third kappa shape index (κ3) is 1.86. The molecule has 3 rings (SSSR count). The standard InChI is InChI=1S/C10H9N3S2.ClH/c11-9-8-6(1-3-14-8)5-7(13-9)10-12-2-4-15-10;/h1-4,7H,5H2,(H2,11,13);1H. The molecule has 2 N–H and O–H groups in total. The van der Waals surface area contributed by atoms with Gasteiger partial charge in [-0.1, -0.05) is 0 Å². The number of hydrogen-bond acceptors (Lipinski definition) is 5. The fraction of sp³-hybridized carbons (Fsp3) is 0.200. The normalized spacial score (nSPS) is 18.5. The Bertz CT molecular complexity index is 504. The molecule has 2 aromatic rings. The smallest absolute Gasteiger partial charge is 0.136 e. The predicted molar refractivity (Wildman–Crippen MR) is 70.9 cm³/mol. The van der Waals surface area contributed by atoms with Crippen LogP contribution in [0.2, 0.25) is 0 Å². The van der Waals surface area contributed by atoms with Gasteiger partial charge in [0.1, 0.15) is 16.9 Å². The second-order valence-electron chi connectivity index (χ2n) is 3.38. The van der Waals surface area contributed by atoms with Gasteiger partial charge in [-0.2, -0.15) is 0 Å². The molecule has 0 fully saturated rings. The van der Waals surface area contributed by atoms with Gasteiger partial charge in [-0.05, 0) is 17.0 Å². The van der Waals surface area contributed by atoms with Crippen molar-refractivity contribution in [3.8, 4) is 0 Å². The summed E-state index contributed by atoms with van der Waals surface area (Å²) in [4.78, 5) is 9.91. The fourth-order valence-electron chi connectivity index (χ4n) is 1.74. The fourth-order valence-corrected chi connectivity index (χ4v) is 3.26. The maximum absolute atomic E-state index is 5.92. The lowest BCUT2D eigenvalue weighted by Gasteiger charge is -2.16. The summed E-state index contributed by atoms with van der Waals surface area (Å²) < 4.78 is 0. The molecule has 1 aliphatic rings. The van der Waals surface area contributed by atoms with Crippen molar-refractivity contribution in [1.82, 2.24) is 4.98 Å². The molecule has 0 spiro atoms. The summed E-state index contributed by atoms with van der Waals surface area (Å²) in [5.41, 5.74) is 7.22. The van der Waals surface area contributed by atoms with Crippen LogP contribution in [0.5, 0.6) is 0 Å². The minimum atomic E-state index is 0. The van der Waals surface area contributed by atoms with E-state index in [1.54, 1.807) is 22.7 Å². The zero-order chi connectivity index (χ0) is 10.3. The number of rotatable bonds is 1. The van der Waals surface area contributed by atoms with E-state index < -0.39 is 0 Å². The molecule has 0 aliphatic carbocycles. The largest absolute Gasteiger partial charge is 0.383 e. The number of halogens is 1. The summed E-state index contributed by atoms with van der Waals surface area (Å²) >= 11 is 3.30. The Morgan fingerprint density at radius 1 is 1.31 bits per heavy atom. The van der Waals surface area contributed by atoms with E-state index in [9.17, 15) is 0 Å². The van der Waals surface area contributed by atoms with E-state index >= 15 is 0 Å². The monoisotopic (exact) mass is 271 g/mol. The maximum atomic E-state index is 5.92. The van der Waals surface area contributed by atoms with Crippen molar-refractivity contribution < 1.29 is 0 Å². The van der Waals surface area contributed by atoms with Crippen molar-refractivity contribution >= 4 is 40.9 Å². The third-order valence-electron chi connectivity index (χ3n) is 2.42. The first-order valence-corrected chi connectivity index (χ1v) is 6.40. The topological polar surface area (TPSA) is 51.3 Å². The third-order valence-corrected chi connectivity index (χ3v) is 4.28. The molecule has 0 saturated carbocycles. The molecule has 0 aromatic carbocycles. The van der Waals surface area contributed by atoms with E-state index in [1.165, 1.54) is 5.56 Å². The Morgan fingerprint density at radius 3 is 2.94 bits per heavy atom. The summed E-state index contributed by atoms with van der Waals surface area (Å²) in [6, 6.07) is 2.24. The average Bonchev–Trinajstić information content (AvgIpc) is 2.88. The second kappa shape index (κ2) is 4.53. The molecule has 0 amide bonds. The average molecular weight is 272 g/mol. The molecule has 1 unspecified atom stereocenters. The van der Waals surface area contributed by atoms with E-state index in [2.05, 4.69) is 21.4 Å². The molecule has 1 atom stereocenters. The van der Waals surface area contributed by atoms with Crippen LogP contribution in [0.3, 0.4) is 0 Å². The van der Waals surface area contributed by atoms with Crippen LogP contribution in [0.1, 0.15) is 21.5 Å². The molecular weight excluding hydrogens is 262 g/mol. The number of thiazole rings is 1. The first-order valence-electron chi connectivity index (χ1n) is 4.64. The summed E-state index contributed by atoms with van der Waals surface area (Å²) in [5.74, 6) is 0.659. The van der Waals surface area contributed by atoms with Gasteiger partial charge >= 0.3 is 0 Å². The molecule has 3 nitrogen and oxygen atoms in total. The zero-order valence-electron chi connectivity index (χ0n) is 8.29. The van der Waals surface area contributed by atoms with Crippen LogP contribution >= 0.6 is 35.1 Å². The first-order chi connectivity index (χ1) is 7.34. The maximum Gasteiger partial charge on any atom is 0.136 e. The molecule has 84 valence electrons. The van der Waals surface area contributed by atoms with E-state index in [-0.39, 0.29) is 18.4 Å². The van der Waals surface area contributed by atoms with Gasteiger partial charge in [0.05, 0.1) is 4.88 Å². The highest BCUT2D eigenvalue weighted by molar-refractivity contribution is 7.12. The Labute approximate surface area is 107 Å². The molecule has 0 radical (unpaired) electrons. The number of nitrogens with two attached hydrogens (primary N) is 1. The number of thiophene rings is 1. The molecule has 1 aliphatic heterocycles. The van der Waals surface area contributed by atoms with Gasteiger partial charge in [-0.25, -0.2) is 4.98 Å². The number of amidine groups is 1. The van der Waals surface area contributed by atoms with E-state index in [0.717, 1.165) is 16.3 Å². The minimum Gasteiger partial charge on any atom is -0.383 e.